The van der Waals surface area contributed by atoms with E-state index in [1.807, 2.05) is 44.2 Å². The zero-order valence-electron chi connectivity index (χ0n) is 12.7. The molecular weight excluding hydrogens is 318 g/mol. The van der Waals surface area contributed by atoms with E-state index in [2.05, 4.69) is 26.4 Å². The Morgan fingerprint density at radius 2 is 1.82 bits per heavy atom. The van der Waals surface area contributed by atoms with Crippen molar-refractivity contribution in [3.63, 3.8) is 0 Å². The molecule has 1 aromatic rings. The molecule has 0 radical (unpaired) electrons. The summed E-state index contributed by atoms with van der Waals surface area (Å²) >= 11 is 10.00. The van der Waals surface area contributed by atoms with Gasteiger partial charge in [0.1, 0.15) is 5.71 Å². The van der Waals surface area contributed by atoms with Crippen LogP contribution in [0.15, 0.2) is 40.5 Å². The van der Waals surface area contributed by atoms with Crippen LogP contribution in [-0.4, -0.2) is 35.4 Å². The smallest absolute Gasteiger partial charge is 0.277 e. The molecule has 0 amide bonds. The molecule has 1 rings (SSSR count). The predicted octanol–water partition coefficient (Wildman–Crippen LogP) is 1.77. The molecular formula is C14H19N5OS2. The second-order valence-corrected chi connectivity index (χ2v) is 4.83. The summed E-state index contributed by atoms with van der Waals surface area (Å²) < 4.78 is 5.12. The van der Waals surface area contributed by atoms with Crippen LogP contribution in [0.25, 0.3) is 0 Å². The molecule has 0 aliphatic rings. The van der Waals surface area contributed by atoms with Crippen molar-refractivity contribution in [2.24, 2.45) is 10.2 Å². The van der Waals surface area contributed by atoms with E-state index >= 15 is 0 Å². The second-order valence-electron chi connectivity index (χ2n) is 4.05. The standard InChI is InChI=1S/C14H19N5OS2/c1-4-20-14(22)19-16-10(2)12(17-18-13(21)15-3)11-8-6-5-7-9-11/h5-9H,4H2,1-3H3,(H,19,22)(H2,15,18,21). The Hall–Kier alpha value is -2.06. The number of hydrogen-bond donors (Lipinski definition) is 3. The Morgan fingerprint density at radius 1 is 1.14 bits per heavy atom. The molecule has 0 unspecified atom stereocenters. The molecule has 0 bridgehead atoms. The largest absolute Gasteiger partial charge is 0.470 e. The fourth-order valence-electron chi connectivity index (χ4n) is 1.46. The first kappa shape index (κ1) is 18.0. The zero-order valence-corrected chi connectivity index (χ0v) is 14.3. The Kier molecular flexibility index (Phi) is 8.01. The van der Waals surface area contributed by atoms with Gasteiger partial charge in [0.2, 0.25) is 0 Å². The maximum Gasteiger partial charge on any atom is 0.277 e. The van der Waals surface area contributed by atoms with E-state index in [9.17, 15) is 0 Å². The molecule has 0 heterocycles. The highest BCUT2D eigenvalue weighted by atomic mass is 32.1. The number of rotatable bonds is 5. The fraction of sp³-hybridized carbons (Fsp3) is 0.286. The number of nitrogens with one attached hydrogen (secondary N) is 3. The van der Waals surface area contributed by atoms with Gasteiger partial charge in [-0.25, -0.2) is 5.43 Å². The minimum atomic E-state index is 0.216. The van der Waals surface area contributed by atoms with E-state index in [0.29, 0.717) is 23.1 Å². The quantitative estimate of drug-likeness (QED) is 0.432. The number of benzene rings is 1. The topological polar surface area (TPSA) is 70.0 Å². The van der Waals surface area contributed by atoms with Crippen LogP contribution in [-0.2, 0) is 4.74 Å². The number of ether oxygens (including phenoxy) is 1. The van der Waals surface area contributed by atoms with Gasteiger partial charge in [0.05, 0.1) is 12.3 Å². The Balaban J connectivity index is 2.97. The van der Waals surface area contributed by atoms with Gasteiger partial charge in [-0.1, -0.05) is 30.3 Å². The Morgan fingerprint density at radius 3 is 2.41 bits per heavy atom. The maximum atomic E-state index is 5.12. The van der Waals surface area contributed by atoms with Crippen molar-refractivity contribution in [2.75, 3.05) is 13.7 Å². The van der Waals surface area contributed by atoms with E-state index in [4.69, 9.17) is 29.2 Å². The minimum absolute atomic E-state index is 0.216. The molecule has 0 atom stereocenters. The van der Waals surface area contributed by atoms with Gasteiger partial charge in [-0.2, -0.15) is 10.2 Å². The maximum absolute atomic E-state index is 5.12. The molecule has 6 nitrogen and oxygen atoms in total. The van der Waals surface area contributed by atoms with Crippen LogP contribution in [0.2, 0.25) is 0 Å². The first-order valence-corrected chi connectivity index (χ1v) is 7.48. The van der Waals surface area contributed by atoms with E-state index in [0.717, 1.165) is 5.56 Å². The number of nitrogens with zero attached hydrogens (tertiary/aromatic N) is 2. The van der Waals surface area contributed by atoms with Gasteiger partial charge in [0, 0.05) is 12.6 Å². The van der Waals surface area contributed by atoms with Crippen molar-refractivity contribution in [2.45, 2.75) is 13.8 Å². The first-order valence-electron chi connectivity index (χ1n) is 6.66. The van der Waals surface area contributed by atoms with Gasteiger partial charge in [-0.15, -0.1) is 0 Å². The van der Waals surface area contributed by atoms with Gasteiger partial charge < -0.3 is 10.1 Å². The summed E-state index contributed by atoms with van der Waals surface area (Å²) in [7, 11) is 1.72. The average Bonchev–Trinajstić information content (AvgIpc) is 2.54. The molecule has 22 heavy (non-hydrogen) atoms. The van der Waals surface area contributed by atoms with Crippen molar-refractivity contribution in [1.82, 2.24) is 16.2 Å². The van der Waals surface area contributed by atoms with Crippen molar-refractivity contribution in [1.29, 1.82) is 0 Å². The third-order valence-corrected chi connectivity index (χ3v) is 2.98. The molecule has 8 heteroatoms. The highest BCUT2D eigenvalue weighted by Gasteiger charge is 2.08. The van der Waals surface area contributed by atoms with Crippen molar-refractivity contribution >= 4 is 46.1 Å². The summed E-state index contributed by atoms with van der Waals surface area (Å²) in [6, 6.07) is 9.65. The summed E-state index contributed by atoms with van der Waals surface area (Å²) in [6.45, 7) is 4.15. The molecule has 0 aliphatic carbocycles. The van der Waals surface area contributed by atoms with Crippen LogP contribution in [0, 0.1) is 0 Å². The first-order chi connectivity index (χ1) is 10.6. The van der Waals surface area contributed by atoms with Gasteiger partial charge in [0.15, 0.2) is 5.11 Å². The van der Waals surface area contributed by atoms with E-state index in [-0.39, 0.29) is 5.17 Å². The van der Waals surface area contributed by atoms with Gasteiger partial charge in [0.25, 0.3) is 5.17 Å². The molecule has 1 aromatic carbocycles. The van der Waals surface area contributed by atoms with Crippen LogP contribution in [0.5, 0.6) is 0 Å². The molecule has 3 N–H and O–H groups in total. The van der Waals surface area contributed by atoms with E-state index < -0.39 is 0 Å². The van der Waals surface area contributed by atoms with Crippen LogP contribution >= 0.6 is 24.4 Å². The van der Waals surface area contributed by atoms with Crippen LogP contribution in [0.1, 0.15) is 19.4 Å². The van der Waals surface area contributed by atoms with Gasteiger partial charge in [-0.05, 0) is 38.3 Å². The molecule has 0 aliphatic heterocycles. The van der Waals surface area contributed by atoms with Crippen molar-refractivity contribution in [3.05, 3.63) is 35.9 Å². The Bertz CT molecular complexity index is 572. The molecule has 0 aromatic heterocycles. The lowest BCUT2D eigenvalue weighted by Gasteiger charge is -2.09. The lowest BCUT2D eigenvalue weighted by atomic mass is 10.1. The van der Waals surface area contributed by atoms with E-state index in [1.54, 1.807) is 7.05 Å². The fourth-order valence-corrected chi connectivity index (χ4v) is 1.67. The SMILES string of the molecule is CCOC(=S)NN=C(C)C(=NNC(=S)NC)c1ccccc1. The molecule has 0 saturated carbocycles. The Labute approximate surface area is 141 Å². The zero-order chi connectivity index (χ0) is 16.4. The third-order valence-electron chi connectivity index (χ3n) is 2.48. The van der Waals surface area contributed by atoms with Crippen LogP contribution in [0.4, 0.5) is 0 Å². The highest BCUT2D eigenvalue weighted by molar-refractivity contribution is 7.80. The number of hydrazone groups is 2. The monoisotopic (exact) mass is 337 g/mol. The number of thiocarbonyl (C=S) groups is 2. The summed E-state index contributed by atoms with van der Waals surface area (Å²) in [5.74, 6) is 0. The molecule has 0 saturated heterocycles. The number of hydrogen-bond acceptors (Lipinski definition) is 5. The lowest BCUT2D eigenvalue weighted by Crippen LogP contribution is -2.31. The molecule has 118 valence electrons. The summed E-state index contributed by atoms with van der Waals surface area (Å²) in [4.78, 5) is 0. The third kappa shape index (κ3) is 6.15. The summed E-state index contributed by atoms with van der Waals surface area (Å²) in [6.07, 6.45) is 0. The second kappa shape index (κ2) is 9.80. The summed E-state index contributed by atoms with van der Waals surface area (Å²) in [5.41, 5.74) is 7.62. The van der Waals surface area contributed by atoms with Gasteiger partial charge >= 0.3 is 0 Å². The molecule has 0 fully saturated rings. The lowest BCUT2D eigenvalue weighted by molar-refractivity contribution is 0.321. The normalized spacial score (nSPS) is 11.6. The predicted molar refractivity (Wildman–Crippen MR) is 98.2 cm³/mol. The van der Waals surface area contributed by atoms with Crippen LogP contribution < -0.4 is 16.2 Å². The van der Waals surface area contributed by atoms with Crippen molar-refractivity contribution < 1.29 is 4.74 Å². The molecule has 0 spiro atoms. The highest BCUT2D eigenvalue weighted by Crippen LogP contribution is 2.03. The average molecular weight is 337 g/mol. The van der Waals surface area contributed by atoms with E-state index in [1.165, 1.54) is 0 Å². The van der Waals surface area contributed by atoms with Gasteiger partial charge in [-0.3, -0.25) is 5.43 Å². The minimum Gasteiger partial charge on any atom is -0.470 e. The van der Waals surface area contributed by atoms with Crippen LogP contribution in [0.3, 0.4) is 0 Å². The van der Waals surface area contributed by atoms with Crippen molar-refractivity contribution in [3.8, 4) is 0 Å². The summed E-state index contributed by atoms with van der Waals surface area (Å²) in [5, 5.41) is 11.9.